The fraction of sp³-hybridized carbons (Fsp3) is 0.500. The molecule has 0 bridgehead atoms. The molecule has 1 aromatic rings. The number of nitrogens with zero attached hydrogens (tertiary/aromatic N) is 2. The van der Waals surface area contributed by atoms with Crippen molar-refractivity contribution in [2.75, 3.05) is 0 Å². The summed E-state index contributed by atoms with van der Waals surface area (Å²) in [5.41, 5.74) is 0.266. The van der Waals surface area contributed by atoms with Gasteiger partial charge in [0.05, 0.1) is 24.7 Å². The first-order valence-electron chi connectivity index (χ1n) is 4.08. The Balaban J connectivity index is 2.65. The number of hydrogen-bond donors (Lipinski definition) is 1. The van der Waals surface area contributed by atoms with Crippen LogP contribution in [0.25, 0.3) is 0 Å². The smallest absolute Gasteiger partial charge is 0.425 e. The Labute approximate surface area is 83.7 Å². The Hall–Kier alpha value is -1.37. The Bertz CT molecular complexity index is 313. The molecule has 1 unspecified atom stereocenters. The van der Waals surface area contributed by atoms with Crippen LogP contribution in [0, 0.1) is 0 Å². The fourth-order valence-corrected chi connectivity index (χ4v) is 0.733. The molecule has 1 aromatic heterocycles. The number of aromatic nitrogens is 2. The lowest BCUT2D eigenvalue weighted by Gasteiger charge is -2.16. The lowest BCUT2D eigenvalue weighted by atomic mass is 10.4. The molecule has 0 aliphatic rings. The molecule has 0 spiro atoms. The van der Waals surface area contributed by atoms with E-state index in [1.54, 1.807) is 0 Å². The van der Waals surface area contributed by atoms with Crippen LogP contribution in [0.3, 0.4) is 0 Å². The molecule has 0 aliphatic heterocycles. The molecular weight excluding hydrogens is 213 g/mol. The molecule has 0 fully saturated rings. The normalized spacial score (nSPS) is 13.7. The Kier molecular flexibility index (Phi) is 3.46. The van der Waals surface area contributed by atoms with Crippen LogP contribution in [-0.2, 0) is 6.61 Å². The number of aliphatic hydroxyl groups excluding tert-OH is 1. The number of rotatable bonds is 3. The molecule has 0 radical (unpaired) electrons. The predicted molar refractivity (Wildman–Crippen MR) is 44.1 cm³/mol. The van der Waals surface area contributed by atoms with Crippen molar-refractivity contribution >= 4 is 0 Å². The minimum atomic E-state index is -4.43. The summed E-state index contributed by atoms with van der Waals surface area (Å²) in [5, 5.41) is 8.62. The summed E-state index contributed by atoms with van der Waals surface area (Å²) >= 11 is 0. The van der Waals surface area contributed by atoms with Gasteiger partial charge < -0.3 is 9.84 Å². The van der Waals surface area contributed by atoms with Crippen molar-refractivity contribution < 1.29 is 23.0 Å². The van der Waals surface area contributed by atoms with E-state index in [1.165, 1.54) is 0 Å². The first-order valence-corrected chi connectivity index (χ1v) is 4.08. The van der Waals surface area contributed by atoms with E-state index >= 15 is 0 Å². The van der Waals surface area contributed by atoms with E-state index in [-0.39, 0.29) is 18.2 Å². The van der Waals surface area contributed by atoms with E-state index in [0.29, 0.717) is 0 Å². The van der Waals surface area contributed by atoms with Crippen LogP contribution in [0.15, 0.2) is 12.4 Å². The van der Waals surface area contributed by atoms with Crippen molar-refractivity contribution in [3.63, 3.8) is 0 Å². The molecular formula is C8H9F3N2O2. The highest BCUT2D eigenvalue weighted by Gasteiger charge is 2.38. The quantitative estimate of drug-likeness (QED) is 0.837. The second kappa shape index (κ2) is 4.43. The molecule has 1 rings (SSSR count). The van der Waals surface area contributed by atoms with Gasteiger partial charge >= 0.3 is 6.18 Å². The van der Waals surface area contributed by atoms with Gasteiger partial charge in [-0.25, -0.2) is 4.98 Å². The SMILES string of the molecule is CC(Oc1cnc(CO)cn1)C(F)(F)F. The second-order valence-electron chi connectivity index (χ2n) is 2.81. The average Bonchev–Trinajstić information content (AvgIpc) is 2.17. The summed E-state index contributed by atoms with van der Waals surface area (Å²) < 4.78 is 40.7. The molecule has 84 valence electrons. The number of alkyl halides is 3. The lowest BCUT2D eigenvalue weighted by molar-refractivity contribution is -0.190. The fourth-order valence-electron chi connectivity index (χ4n) is 0.733. The van der Waals surface area contributed by atoms with Gasteiger partial charge in [-0.3, -0.25) is 4.98 Å². The molecule has 1 heterocycles. The van der Waals surface area contributed by atoms with Crippen molar-refractivity contribution in [2.24, 2.45) is 0 Å². The number of hydrogen-bond acceptors (Lipinski definition) is 4. The van der Waals surface area contributed by atoms with Gasteiger partial charge in [-0.15, -0.1) is 0 Å². The lowest BCUT2D eigenvalue weighted by Crippen LogP contribution is -2.31. The van der Waals surface area contributed by atoms with Gasteiger partial charge in [-0.2, -0.15) is 13.2 Å². The van der Waals surface area contributed by atoms with E-state index in [0.717, 1.165) is 19.3 Å². The molecule has 0 aromatic carbocycles. The van der Waals surface area contributed by atoms with Gasteiger partial charge in [0.25, 0.3) is 0 Å². The molecule has 1 N–H and O–H groups in total. The Morgan fingerprint density at radius 1 is 1.40 bits per heavy atom. The number of halogens is 3. The summed E-state index contributed by atoms with van der Waals surface area (Å²) in [6, 6.07) is 0. The van der Waals surface area contributed by atoms with Gasteiger partial charge in [-0.1, -0.05) is 0 Å². The number of aliphatic hydroxyl groups is 1. The first kappa shape index (κ1) is 11.7. The van der Waals surface area contributed by atoms with Gasteiger partial charge in [0.1, 0.15) is 0 Å². The molecule has 4 nitrogen and oxygen atoms in total. The summed E-state index contributed by atoms with van der Waals surface area (Å²) in [5.74, 6) is -0.225. The maximum absolute atomic E-state index is 12.1. The van der Waals surface area contributed by atoms with Crippen LogP contribution < -0.4 is 4.74 Å². The van der Waals surface area contributed by atoms with Crippen LogP contribution in [0.5, 0.6) is 5.88 Å². The highest BCUT2D eigenvalue weighted by atomic mass is 19.4. The highest BCUT2D eigenvalue weighted by molar-refractivity contribution is 5.07. The second-order valence-corrected chi connectivity index (χ2v) is 2.81. The maximum atomic E-state index is 12.1. The molecule has 0 saturated heterocycles. The van der Waals surface area contributed by atoms with Crippen LogP contribution >= 0.6 is 0 Å². The Morgan fingerprint density at radius 3 is 2.47 bits per heavy atom. The van der Waals surface area contributed by atoms with Gasteiger partial charge in [0, 0.05) is 0 Å². The van der Waals surface area contributed by atoms with Crippen molar-refractivity contribution in [3.8, 4) is 5.88 Å². The molecule has 0 amide bonds. The third kappa shape index (κ3) is 3.35. The van der Waals surface area contributed by atoms with E-state index in [2.05, 4.69) is 14.7 Å². The Morgan fingerprint density at radius 2 is 2.07 bits per heavy atom. The molecule has 0 saturated carbocycles. The maximum Gasteiger partial charge on any atom is 0.425 e. The average molecular weight is 222 g/mol. The molecule has 1 atom stereocenters. The van der Waals surface area contributed by atoms with Crippen LogP contribution in [-0.4, -0.2) is 27.4 Å². The van der Waals surface area contributed by atoms with Crippen molar-refractivity contribution in [3.05, 3.63) is 18.1 Å². The predicted octanol–water partition coefficient (Wildman–Crippen LogP) is 1.30. The van der Waals surface area contributed by atoms with E-state index in [1.807, 2.05) is 0 Å². The van der Waals surface area contributed by atoms with Crippen molar-refractivity contribution in [1.82, 2.24) is 9.97 Å². The van der Waals surface area contributed by atoms with Crippen LogP contribution in [0.4, 0.5) is 13.2 Å². The zero-order valence-electron chi connectivity index (χ0n) is 7.82. The van der Waals surface area contributed by atoms with Gasteiger partial charge in [0.2, 0.25) is 5.88 Å². The highest BCUT2D eigenvalue weighted by Crippen LogP contribution is 2.23. The minimum Gasteiger partial charge on any atom is -0.464 e. The monoisotopic (exact) mass is 222 g/mol. The standard InChI is InChI=1S/C8H9F3N2O2/c1-5(8(9,10)11)15-7-3-12-6(4-14)2-13-7/h2-3,5,14H,4H2,1H3. The summed E-state index contributed by atoms with van der Waals surface area (Å²) in [6.45, 7) is 0.559. The molecule has 0 aliphatic carbocycles. The number of ether oxygens (including phenoxy) is 1. The zero-order chi connectivity index (χ0) is 11.5. The zero-order valence-corrected chi connectivity index (χ0v) is 7.82. The van der Waals surface area contributed by atoms with Crippen molar-refractivity contribution in [1.29, 1.82) is 0 Å². The minimum absolute atomic E-state index is 0.225. The summed E-state index contributed by atoms with van der Waals surface area (Å²) in [4.78, 5) is 7.19. The molecule has 15 heavy (non-hydrogen) atoms. The van der Waals surface area contributed by atoms with Crippen LogP contribution in [0.1, 0.15) is 12.6 Å². The van der Waals surface area contributed by atoms with E-state index < -0.39 is 12.3 Å². The largest absolute Gasteiger partial charge is 0.464 e. The third-order valence-electron chi connectivity index (χ3n) is 1.60. The summed E-state index contributed by atoms with van der Waals surface area (Å²) in [6.07, 6.45) is -4.18. The third-order valence-corrected chi connectivity index (χ3v) is 1.60. The van der Waals surface area contributed by atoms with Gasteiger partial charge in [-0.05, 0) is 6.92 Å². The molecule has 7 heteroatoms. The first-order chi connectivity index (χ1) is 6.93. The van der Waals surface area contributed by atoms with Crippen molar-refractivity contribution in [2.45, 2.75) is 25.8 Å². The topological polar surface area (TPSA) is 55.2 Å². The van der Waals surface area contributed by atoms with Crippen LogP contribution in [0.2, 0.25) is 0 Å². The summed E-state index contributed by atoms with van der Waals surface area (Å²) in [7, 11) is 0. The van der Waals surface area contributed by atoms with E-state index in [9.17, 15) is 13.2 Å². The van der Waals surface area contributed by atoms with E-state index in [4.69, 9.17) is 5.11 Å². The van der Waals surface area contributed by atoms with Gasteiger partial charge in [0.15, 0.2) is 6.10 Å².